The summed E-state index contributed by atoms with van der Waals surface area (Å²) in [5.74, 6) is 0.676. The van der Waals surface area contributed by atoms with Crippen molar-refractivity contribution in [2.45, 2.75) is 39.5 Å². The number of fused-ring (bicyclic) bond motifs is 1. The number of hydrogen-bond donors (Lipinski definition) is 1. The molecule has 0 fully saturated rings. The Balaban J connectivity index is 2.10. The lowest BCUT2D eigenvalue weighted by molar-refractivity contribution is 0.200. The SMILES string of the molecule is COCCc1nc2sc(C)c(-c3ccc(C(C)(C)C)cc3)c2c(=O)[nH]1. The normalized spacial score (nSPS) is 12.0. The van der Waals surface area contributed by atoms with Crippen LogP contribution >= 0.6 is 11.3 Å². The third-order valence-electron chi connectivity index (χ3n) is 4.37. The predicted molar refractivity (Wildman–Crippen MR) is 105 cm³/mol. The molecule has 3 rings (SSSR count). The lowest BCUT2D eigenvalue weighted by atomic mass is 9.86. The van der Waals surface area contributed by atoms with Crippen molar-refractivity contribution in [2.75, 3.05) is 13.7 Å². The van der Waals surface area contributed by atoms with Crippen molar-refractivity contribution < 1.29 is 4.74 Å². The molecule has 25 heavy (non-hydrogen) atoms. The number of thiophene rings is 1. The number of aromatic amines is 1. The van der Waals surface area contributed by atoms with E-state index in [2.05, 4.69) is 55.0 Å². The third kappa shape index (κ3) is 3.53. The first-order valence-electron chi connectivity index (χ1n) is 8.43. The molecule has 2 aromatic heterocycles. The van der Waals surface area contributed by atoms with Gasteiger partial charge in [-0.05, 0) is 23.5 Å². The molecule has 1 aromatic carbocycles. The Labute approximate surface area is 151 Å². The number of nitrogens with one attached hydrogen (secondary N) is 1. The minimum atomic E-state index is -0.0737. The largest absolute Gasteiger partial charge is 0.384 e. The summed E-state index contributed by atoms with van der Waals surface area (Å²) in [6.07, 6.45) is 0.605. The van der Waals surface area contributed by atoms with Gasteiger partial charge in [0.05, 0.1) is 12.0 Å². The van der Waals surface area contributed by atoms with Crippen LogP contribution in [0.2, 0.25) is 0 Å². The van der Waals surface area contributed by atoms with E-state index in [1.807, 2.05) is 6.92 Å². The highest BCUT2D eigenvalue weighted by Gasteiger charge is 2.18. The highest BCUT2D eigenvalue weighted by atomic mass is 32.1. The minimum Gasteiger partial charge on any atom is -0.384 e. The summed E-state index contributed by atoms with van der Waals surface area (Å²) in [5, 5.41) is 0.687. The molecule has 132 valence electrons. The summed E-state index contributed by atoms with van der Waals surface area (Å²) in [5.41, 5.74) is 3.37. The number of methoxy groups -OCH3 is 1. The first kappa shape index (κ1) is 17.8. The summed E-state index contributed by atoms with van der Waals surface area (Å²) >= 11 is 1.57. The summed E-state index contributed by atoms with van der Waals surface area (Å²) in [7, 11) is 1.64. The van der Waals surface area contributed by atoms with E-state index < -0.39 is 0 Å². The van der Waals surface area contributed by atoms with Crippen LogP contribution in [0.25, 0.3) is 21.3 Å². The van der Waals surface area contributed by atoms with Gasteiger partial charge in [0.2, 0.25) is 0 Å². The van der Waals surface area contributed by atoms with E-state index in [4.69, 9.17) is 4.74 Å². The summed E-state index contributed by atoms with van der Waals surface area (Å²) < 4.78 is 5.08. The highest BCUT2D eigenvalue weighted by molar-refractivity contribution is 7.19. The van der Waals surface area contributed by atoms with Gasteiger partial charge in [0.15, 0.2) is 0 Å². The average Bonchev–Trinajstić information content (AvgIpc) is 2.88. The van der Waals surface area contributed by atoms with Crippen LogP contribution in [-0.2, 0) is 16.6 Å². The molecule has 0 radical (unpaired) electrons. The first-order valence-corrected chi connectivity index (χ1v) is 9.25. The number of benzene rings is 1. The number of H-pyrrole nitrogens is 1. The van der Waals surface area contributed by atoms with Crippen LogP contribution in [0.15, 0.2) is 29.1 Å². The van der Waals surface area contributed by atoms with Crippen LogP contribution in [0.4, 0.5) is 0 Å². The molecule has 0 bridgehead atoms. The molecule has 0 saturated heterocycles. The molecule has 0 unspecified atom stereocenters. The molecule has 0 atom stereocenters. The summed E-state index contributed by atoms with van der Waals surface area (Å²) in [6.45, 7) is 9.18. The smallest absolute Gasteiger partial charge is 0.260 e. The van der Waals surface area contributed by atoms with E-state index in [0.29, 0.717) is 24.2 Å². The van der Waals surface area contributed by atoms with E-state index in [1.165, 1.54) is 5.56 Å². The Hall–Kier alpha value is -1.98. The van der Waals surface area contributed by atoms with E-state index in [1.54, 1.807) is 18.4 Å². The lowest BCUT2D eigenvalue weighted by Crippen LogP contribution is -2.13. The number of rotatable bonds is 4. The van der Waals surface area contributed by atoms with Crippen molar-refractivity contribution in [1.29, 1.82) is 0 Å². The molecular formula is C20H24N2O2S. The predicted octanol–water partition coefficient (Wildman–Crippen LogP) is 4.45. The maximum atomic E-state index is 12.7. The van der Waals surface area contributed by atoms with Crippen molar-refractivity contribution >= 4 is 21.6 Å². The first-order chi connectivity index (χ1) is 11.8. The van der Waals surface area contributed by atoms with Crippen molar-refractivity contribution in [3.05, 3.63) is 50.9 Å². The number of aromatic nitrogens is 2. The number of ether oxygens (including phenoxy) is 1. The van der Waals surface area contributed by atoms with Crippen molar-refractivity contribution in [1.82, 2.24) is 9.97 Å². The van der Waals surface area contributed by atoms with Gasteiger partial charge in [0.25, 0.3) is 5.56 Å². The fraction of sp³-hybridized carbons (Fsp3) is 0.400. The molecule has 5 heteroatoms. The van der Waals surface area contributed by atoms with Crippen LogP contribution in [-0.4, -0.2) is 23.7 Å². The van der Waals surface area contributed by atoms with Gasteiger partial charge in [-0.15, -0.1) is 11.3 Å². The van der Waals surface area contributed by atoms with Crippen LogP contribution in [0.3, 0.4) is 0 Å². The van der Waals surface area contributed by atoms with Crippen LogP contribution in [0.1, 0.15) is 37.0 Å². The zero-order valence-corrected chi connectivity index (χ0v) is 16.2. The molecule has 3 aromatic rings. The second-order valence-electron chi connectivity index (χ2n) is 7.30. The quantitative estimate of drug-likeness (QED) is 0.751. The van der Waals surface area contributed by atoms with Crippen LogP contribution in [0.5, 0.6) is 0 Å². The molecule has 0 aliphatic rings. The Morgan fingerprint density at radius 2 is 1.88 bits per heavy atom. The number of nitrogens with zero attached hydrogens (tertiary/aromatic N) is 1. The van der Waals surface area contributed by atoms with Crippen molar-refractivity contribution in [2.24, 2.45) is 0 Å². The maximum Gasteiger partial charge on any atom is 0.260 e. The van der Waals surface area contributed by atoms with E-state index in [9.17, 15) is 4.79 Å². The Morgan fingerprint density at radius 1 is 1.20 bits per heavy atom. The van der Waals surface area contributed by atoms with Crippen LogP contribution < -0.4 is 5.56 Å². The summed E-state index contributed by atoms with van der Waals surface area (Å²) in [4.78, 5) is 22.1. The number of aryl methyl sites for hydroxylation is 1. The van der Waals surface area contributed by atoms with E-state index in [-0.39, 0.29) is 11.0 Å². The van der Waals surface area contributed by atoms with Gasteiger partial charge in [0.1, 0.15) is 10.7 Å². The zero-order chi connectivity index (χ0) is 18.2. The minimum absolute atomic E-state index is 0.0737. The average molecular weight is 356 g/mol. The monoisotopic (exact) mass is 356 g/mol. The standard InChI is InChI=1S/C20H24N2O2S/c1-12-16(13-6-8-14(9-7-13)20(2,3)4)17-18(23)21-15(10-11-24-5)22-19(17)25-12/h6-9H,10-11H2,1-5H3,(H,21,22,23). The molecule has 2 heterocycles. The van der Waals surface area contributed by atoms with Gasteiger partial charge in [0, 0.05) is 24.0 Å². The molecule has 0 aliphatic carbocycles. The topological polar surface area (TPSA) is 55.0 Å². The van der Waals surface area contributed by atoms with Gasteiger partial charge in [-0.1, -0.05) is 45.0 Å². The van der Waals surface area contributed by atoms with Crippen molar-refractivity contribution in [3.8, 4) is 11.1 Å². The third-order valence-corrected chi connectivity index (χ3v) is 5.37. The fourth-order valence-corrected chi connectivity index (χ4v) is 4.03. The van der Waals surface area contributed by atoms with Gasteiger partial charge in [-0.25, -0.2) is 4.98 Å². The number of hydrogen-bond acceptors (Lipinski definition) is 4. The van der Waals surface area contributed by atoms with Crippen LogP contribution in [0, 0.1) is 6.92 Å². The van der Waals surface area contributed by atoms with Gasteiger partial charge >= 0.3 is 0 Å². The van der Waals surface area contributed by atoms with Gasteiger partial charge < -0.3 is 9.72 Å². The summed E-state index contributed by atoms with van der Waals surface area (Å²) in [6, 6.07) is 8.50. The molecule has 4 nitrogen and oxygen atoms in total. The zero-order valence-electron chi connectivity index (χ0n) is 15.4. The Bertz CT molecular complexity index is 947. The second-order valence-corrected chi connectivity index (χ2v) is 8.50. The fourth-order valence-electron chi connectivity index (χ4n) is 2.97. The lowest BCUT2D eigenvalue weighted by Gasteiger charge is -2.19. The molecule has 0 spiro atoms. The van der Waals surface area contributed by atoms with Crippen molar-refractivity contribution in [3.63, 3.8) is 0 Å². The molecule has 0 amide bonds. The Morgan fingerprint density at radius 3 is 2.48 bits per heavy atom. The maximum absolute atomic E-state index is 12.7. The van der Waals surface area contributed by atoms with E-state index >= 15 is 0 Å². The molecule has 0 saturated carbocycles. The van der Waals surface area contributed by atoms with E-state index in [0.717, 1.165) is 20.8 Å². The molecule has 0 aliphatic heterocycles. The van der Waals surface area contributed by atoms with Gasteiger partial charge in [-0.2, -0.15) is 0 Å². The van der Waals surface area contributed by atoms with Gasteiger partial charge in [-0.3, -0.25) is 4.79 Å². The highest BCUT2D eigenvalue weighted by Crippen LogP contribution is 2.36. The second kappa shape index (κ2) is 6.73. The molecule has 1 N–H and O–H groups in total. The Kier molecular flexibility index (Phi) is 4.80. The molecular weight excluding hydrogens is 332 g/mol.